The smallest absolute Gasteiger partial charge is 0.315 e. The summed E-state index contributed by atoms with van der Waals surface area (Å²) in [7, 11) is 0. The summed E-state index contributed by atoms with van der Waals surface area (Å²) < 4.78 is 2.04. The van der Waals surface area contributed by atoms with Gasteiger partial charge >= 0.3 is 6.03 Å². The highest BCUT2D eigenvalue weighted by molar-refractivity contribution is 6.35. The van der Waals surface area contributed by atoms with Crippen molar-refractivity contribution in [1.82, 2.24) is 15.2 Å². The summed E-state index contributed by atoms with van der Waals surface area (Å²) in [5.74, 6) is 1.27. The van der Waals surface area contributed by atoms with Crippen LogP contribution in [0.4, 0.5) is 4.79 Å². The Labute approximate surface area is 236 Å². The fourth-order valence-electron chi connectivity index (χ4n) is 4.77. The summed E-state index contributed by atoms with van der Waals surface area (Å²) in [6, 6.07) is 13.0. The first-order valence-electron chi connectivity index (χ1n) is 12.8. The van der Waals surface area contributed by atoms with Crippen molar-refractivity contribution >= 4 is 40.8 Å². The first-order chi connectivity index (χ1) is 17.7. The van der Waals surface area contributed by atoms with Crippen molar-refractivity contribution in [1.29, 1.82) is 0 Å². The van der Waals surface area contributed by atoms with Gasteiger partial charge in [-0.2, -0.15) is 0 Å². The predicted octanol–water partition coefficient (Wildman–Crippen LogP) is 9.23. The van der Waals surface area contributed by atoms with Crippen LogP contribution in [0.15, 0.2) is 61.3 Å². The first-order valence-corrected chi connectivity index (χ1v) is 13.9. The highest BCUT2D eigenvalue weighted by atomic mass is 35.5. The second kappa shape index (κ2) is 13.9. The normalized spacial score (nSPS) is 12.7. The lowest BCUT2D eigenvalue weighted by Gasteiger charge is -2.21. The number of hydrogen-bond acceptors (Lipinski definition) is 1. The zero-order valence-corrected chi connectivity index (χ0v) is 24.1. The number of carbonyl (C=O) groups is 1. The molecule has 2 amide bonds. The van der Waals surface area contributed by atoms with E-state index in [1.165, 1.54) is 0 Å². The minimum Gasteiger partial charge on any atom is -0.338 e. The molecule has 0 saturated carbocycles. The molecule has 3 rings (SSSR count). The Balaban J connectivity index is 1.69. The van der Waals surface area contributed by atoms with E-state index in [1.54, 1.807) is 6.07 Å². The molecule has 2 atom stereocenters. The number of carbonyl (C=O) groups excluding carboxylic acids is 1. The molecular weight excluding hydrogens is 525 g/mol. The molecule has 0 aliphatic heterocycles. The highest BCUT2D eigenvalue weighted by Crippen LogP contribution is 2.34. The second-order valence-corrected chi connectivity index (χ2v) is 10.8. The van der Waals surface area contributed by atoms with Crippen molar-refractivity contribution in [2.24, 2.45) is 11.8 Å². The molecular formula is C30H36Cl3N3O. The summed E-state index contributed by atoms with van der Waals surface area (Å²) in [6.07, 6.45) is 8.25. The van der Waals surface area contributed by atoms with Gasteiger partial charge in [0.05, 0.1) is 16.4 Å². The second-order valence-electron chi connectivity index (χ2n) is 9.52. The van der Waals surface area contributed by atoms with Crippen LogP contribution in [0.2, 0.25) is 15.1 Å². The van der Waals surface area contributed by atoms with Crippen LogP contribution in [0.1, 0.15) is 50.7 Å². The van der Waals surface area contributed by atoms with Crippen molar-refractivity contribution in [2.75, 3.05) is 6.54 Å². The van der Waals surface area contributed by atoms with Crippen molar-refractivity contribution in [3.8, 4) is 16.9 Å². The van der Waals surface area contributed by atoms with E-state index in [9.17, 15) is 4.79 Å². The molecule has 0 fully saturated rings. The molecule has 2 N–H and O–H groups in total. The van der Waals surface area contributed by atoms with E-state index in [0.717, 1.165) is 53.8 Å². The molecule has 2 unspecified atom stereocenters. The topological polar surface area (TPSA) is 46.1 Å². The summed E-state index contributed by atoms with van der Waals surface area (Å²) in [5.41, 5.74) is 4.84. The van der Waals surface area contributed by atoms with Gasteiger partial charge in [-0.1, -0.05) is 73.3 Å². The zero-order chi connectivity index (χ0) is 26.9. The Kier molecular flexibility index (Phi) is 11.0. The fraction of sp³-hybridized carbons (Fsp3) is 0.367. The molecule has 0 bridgehead atoms. The van der Waals surface area contributed by atoms with Gasteiger partial charge in [-0.25, -0.2) is 4.79 Å². The third-order valence-electron chi connectivity index (χ3n) is 7.01. The molecule has 0 spiro atoms. The standard InChI is InChI=1S/C30H36Cl3N3O/c1-5-8-22(6-2)20(3)9-7-16-34-30(37)35-18-24-19-36(28-15-14-26(32)17-27(28)33)29(21(24)4)23-10-12-25(31)13-11-23/h5,10-15,17,19-20,22H,1,6-9,16,18H2,2-4H3,(H2,34,35,37). The maximum absolute atomic E-state index is 12.5. The van der Waals surface area contributed by atoms with Crippen LogP contribution < -0.4 is 10.6 Å². The van der Waals surface area contributed by atoms with Gasteiger partial charge < -0.3 is 15.2 Å². The van der Waals surface area contributed by atoms with Crippen molar-refractivity contribution in [3.63, 3.8) is 0 Å². The average molecular weight is 561 g/mol. The molecule has 0 aliphatic rings. The number of amides is 2. The Morgan fingerprint density at radius 2 is 1.78 bits per heavy atom. The fourth-order valence-corrected chi connectivity index (χ4v) is 5.40. The van der Waals surface area contributed by atoms with Gasteiger partial charge in [0.15, 0.2) is 0 Å². The highest BCUT2D eigenvalue weighted by Gasteiger charge is 2.18. The number of nitrogens with one attached hydrogen (secondary N) is 2. The van der Waals surface area contributed by atoms with Gasteiger partial charge in [0, 0.05) is 29.3 Å². The van der Waals surface area contributed by atoms with Crippen LogP contribution in [-0.4, -0.2) is 17.1 Å². The van der Waals surface area contributed by atoms with E-state index in [1.807, 2.05) is 60.2 Å². The molecule has 3 aromatic rings. The van der Waals surface area contributed by atoms with Crippen molar-refractivity contribution in [2.45, 2.75) is 53.0 Å². The molecule has 0 saturated heterocycles. The van der Waals surface area contributed by atoms with Crippen LogP contribution in [0.5, 0.6) is 0 Å². The molecule has 37 heavy (non-hydrogen) atoms. The molecule has 0 aliphatic carbocycles. The van der Waals surface area contributed by atoms with Crippen LogP contribution in [0, 0.1) is 18.8 Å². The minimum absolute atomic E-state index is 0.171. The van der Waals surface area contributed by atoms with Gasteiger partial charge in [-0.3, -0.25) is 0 Å². The van der Waals surface area contributed by atoms with E-state index >= 15 is 0 Å². The lowest BCUT2D eigenvalue weighted by atomic mass is 9.85. The molecule has 7 heteroatoms. The van der Waals surface area contributed by atoms with E-state index in [-0.39, 0.29) is 6.03 Å². The third-order valence-corrected chi connectivity index (χ3v) is 7.80. The number of aromatic nitrogens is 1. The summed E-state index contributed by atoms with van der Waals surface area (Å²) in [5, 5.41) is 7.79. The third kappa shape index (κ3) is 7.80. The largest absolute Gasteiger partial charge is 0.338 e. The quantitative estimate of drug-likeness (QED) is 0.168. The summed E-state index contributed by atoms with van der Waals surface area (Å²) >= 11 is 18.8. The van der Waals surface area contributed by atoms with Crippen LogP contribution in [0.25, 0.3) is 16.9 Å². The summed E-state index contributed by atoms with van der Waals surface area (Å²) in [4.78, 5) is 12.5. The van der Waals surface area contributed by atoms with Crippen LogP contribution in [-0.2, 0) is 6.54 Å². The Bertz CT molecular complexity index is 1200. The molecule has 0 radical (unpaired) electrons. The number of urea groups is 1. The Morgan fingerprint density at radius 1 is 1.08 bits per heavy atom. The predicted molar refractivity (Wildman–Crippen MR) is 158 cm³/mol. The van der Waals surface area contributed by atoms with Gasteiger partial charge in [0.1, 0.15) is 0 Å². The van der Waals surface area contributed by atoms with Crippen LogP contribution in [0.3, 0.4) is 0 Å². The maximum atomic E-state index is 12.5. The lowest BCUT2D eigenvalue weighted by molar-refractivity contribution is 0.239. The van der Waals surface area contributed by atoms with Crippen molar-refractivity contribution in [3.05, 3.63) is 87.5 Å². The number of rotatable bonds is 12. The molecule has 1 heterocycles. The molecule has 2 aromatic carbocycles. The van der Waals surface area contributed by atoms with Gasteiger partial charge in [0.25, 0.3) is 0 Å². The molecule has 4 nitrogen and oxygen atoms in total. The van der Waals surface area contributed by atoms with E-state index in [0.29, 0.717) is 40.0 Å². The average Bonchev–Trinajstić information content (AvgIpc) is 3.19. The molecule has 1 aromatic heterocycles. The van der Waals surface area contributed by atoms with E-state index in [4.69, 9.17) is 34.8 Å². The number of benzene rings is 2. The number of nitrogens with zero attached hydrogens (tertiary/aromatic N) is 1. The number of allylic oxidation sites excluding steroid dienone is 1. The SMILES string of the molecule is C=CCC(CC)C(C)CCCNC(=O)NCc1cn(-c2ccc(Cl)cc2Cl)c(-c2ccc(Cl)cc2)c1C. The van der Waals surface area contributed by atoms with E-state index < -0.39 is 0 Å². The number of halogens is 3. The monoisotopic (exact) mass is 559 g/mol. The lowest BCUT2D eigenvalue weighted by Crippen LogP contribution is -2.35. The van der Waals surface area contributed by atoms with Gasteiger partial charge in [-0.05, 0) is 85.0 Å². The first kappa shape index (κ1) is 29.2. The maximum Gasteiger partial charge on any atom is 0.315 e. The molecule has 198 valence electrons. The summed E-state index contributed by atoms with van der Waals surface area (Å²) in [6.45, 7) is 11.5. The Morgan fingerprint density at radius 3 is 2.43 bits per heavy atom. The zero-order valence-electron chi connectivity index (χ0n) is 21.8. The van der Waals surface area contributed by atoms with E-state index in [2.05, 4.69) is 31.1 Å². The van der Waals surface area contributed by atoms with Crippen molar-refractivity contribution < 1.29 is 4.79 Å². The number of hydrogen-bond donors (Lipinski definition) is 2. The van der Waals surface area contributed by atoms with Gasteiger partial charge in [-0.15, -0.1) is 6.58 Å². The Hall–Kier alpha value is -2.40. The van der Waals surface area contributed by atoms with Crippen LogP contribution >= 0.6 is 34.8 Å². The van der Waals surface area contributed by atoms with Gasteiger partial charge in [0.2, 0.25) is 0 Å². The minimum atomic E-state index is -0.171.